The molecule has 0 unspecified atom stereocenters. The fourth-order valence-electron chi connectivity index (χ4n) is 1.92. The smallest absolute Gasteiger partial charge is 0.311 e. The number of hydrogen-bond donors (Lipinski definition) is 2. The van der Waals surface area contributed by atoms with E-state index in [1.165, 1.54) is 0 Å². The molecule has 21 heavy (non-hydrogen) atoms. The molecule has 0 heterocycles. The van der Waals surface area contributed by atoms with Crippen LogP contribution in [0.15, 0.2) is 24.3 Å². The fraction of sp³-hybridized carbons (Fsp3) is 0.467. The van der Waals surface area contributed by atoms with Gasteiger partial charge in [-0.1, -0.05) is 12.1 Å². The van der Waals surface area contributed by atoms with Crippen molar-refractivity contribution in [1.82, 2.24) is 5.32 Å². The van der Waals surface area contributed by atoms with E-state index in [4.69, 9.17) is 14.6 Å². The zero-order chi connectivity index (χ0) is 15.3. The van der Waals surface area contributed by atoms with Crippen molar-refractivity contribution in [3.05, 3.63) is 24.3 Å². The topological polar surface area (TPSA) is 84.9 Å². The average Bonchev–Trinajstić information content (AvgIpc) is 3.26. The molecule has 6 heteroatoms. The molecule has 0 aliphatic heterocycles. The molecular formula is C15H19NO5. The minimum atomic E-state index is -0.856. The van der Waals surface area contributed by atoms with Gasteiger partial charge < -0.3 is 19.9 Å². The molecule has 114 valence electrons. The summed E-state index contributed by atoms with van der Waals surface area (Å²) in [6, 6.07) is 7.10. The maximum atomic E-state index is 11.7. The Morgan fingerprint density at radius 2 is 1.86 bits per heavy atom. The Labute approximate surface area is 123 Å². The van der Waals surface area contributed by atoms with E-state index >= 15 is 0 Å². The van der Waals surface area contributed by atoms with Gasteiger partial charge >= 0.3 is 5.97 Å². The van der Waals surface area contributed by atoms with Crippen LogP contribution in [-0.4, -0.2) is 36.7 Å². The van der Waals surface area contributed by atoms with Crippen molar-refractivity contribution >= 4 is 11.9 Å². The first-order valence-electron chi connectivity index (χ1n) is 6.92. The maximum Gasteiger partial charge on any atom is 0.311 e. The van der Waals surface area contributed by atoms with Crippen molar-refractivity contribution in [2.45, 2.75) is 19.8 Å². The van der Waals surface area contributed by atoms with E-state index < -0.39 is 11.4 Å². The summed E-state index contributed by atoms with van der Waals surface area (Å²) in [6.07, 6.45) is 1.22. The van der Waals surface area contributed by atoms with Gasteiger partial charge in [-0.3, -0.25) is 9.59 Å². The Morgan fingerprint density at radius 3 is 2.38 bits per heavy atom. The van der Waals surface area contributed by atoms with Crippen LogP contribution in [-0.2, 0) is 9.59 Å². The highest BCUT2D eigenvalue weighted by Gasteiger charge is 2.50. The van der Waals surface area contributed by atoms with Crippen LogP contribution >= 0.6 is 0 Å². The number of benzene rings is 1. The zero-order valence-corrected chi connectivity index (χ0v) is 11.9. The van der Waals surface area contributed by atoms with Gasteiger partial charge in [0.05, 0.1) is 12.0 Å². The third-order valence-corrected chi connectivity index (χ3v) is 3.44. The number of rotatable bonds is 8. The molecule has 2 rings (SSSR count). The highest BCUT2D eigenvalue weighted by molar-refractivity contribution is 5.81. The van der Waals surface area contributed by atoms with Crippen molar-refractivity contribution in [3.63, 3.8) is 0 Å². The van der Waals surface area contributed by atoms with E-state index in [0.717, 1.165) is 0 Å². The Hall–Kier alpha value is -2.24. The van der Waals surface area contributed by atoms with Crippen LogP contribution in [0.1, 0.15) is 19.8 Å². The second-order valence-corrected chi connectivity index (χ2v) is 5.03. The number of aliphatic carboxylic acids is 1. The van der Waals surface area contributed by atoms with E-state index in [-0.39, 0.29) is 19.1 Å². The van der Waals surface area contributed by atoms with Gasteiger partial charge in [0.25, 0.3) is 5.91 Å². The Balaban J connectivity index is 1.80. The summed E-state index contributed by atoms with van der Waals surface area (Å²) in [5.74, 6) is -0.120. The van der Waals surface area contributed by atoms with Crippen molar-refractivity contribution in [2.75, 3.05) is 19.8 Å². The molecule has 1 saturated carbocycles. The minimum absolute atomic E-state index is 0.150. The molecule has 0 aromatic heterocycles. The van der Waals surface area contributed by atoms with Crippen LogP contribution in [0.25, 0.3) is 0 Å². The number of ether oxygens (including phenoxy) is 2. The monoisotopic (exact) mass is 293 g/mol. The number of carbonyl (C=O) groups is 2. The first-order chi connectivity index (χ1) is 10.1. The van der Waals surface area contributed by atoms with Crippen molar-refractivity contribution in [1.29, 1.82) is 0 Å². The molecule has 1 aliphatic carbocycles. The molecule has 0 bridgehead atoms. The SMILES string of the molecule is CCOc1ccccc1OCC(=O)NCC1(C(=O)O)CC1. The Kier molecular flexibility index (Phi) is 4.67. The third kappa shape index (κ3) is 3.87. The van der Waals surface area contributed by atoms with Gasteiger partial charge in [0.15, 0.2) is 18.1 Å². The van der Waals surface area contributed by atoms with Crippen molar-refractivity contribution in [3.8, 4) is 11.5 Å². The van der Waals surface area contributed by atoms with E-state index in [0.29, 0.717) is 30.9 Å². The van der Waals surface area contributed by atoms with Crippen LogP contribution in [0.2, 0.25) is 0 Å². The highest BCUT2D eigenvalue weighted by atomic mass is 16.5. The number of hydrogen-bond acceptors (Lipinski definition) is 4. The van der Waals surface area contributed by atoms with E-state index in [1.807, 2.05) is 13.0 Å². The predicted octanol–water partition coefficient (Wildman–Crippen LogP) is 1.45. The van der Waals surface area contributed by atoms with Gasteiger partial charge in [-0.25, -0.2) is 0 Å². The van der Waals surface area contributed by atoms with E-state index in [2.05, 4.69) is 5.32 Å². The van der Waals surface area contributed by atoms with Gasteiger partial charge in [-0.05, 0) is 31.9 Å². The number of amides is 1. The lowest BCUT2D eigenvalue weighted by Gasteiger charge is -2.13. The Bertz CT molecular complexity index is 525. The first-order valence-corrected chi connectivity index (χ1v) is 6.92. The lowest BCUT2D eigenvalue weighted by Crippen LogP contribution is -2.36. The van der Waals surface area contributed by atoms with Gasteiger partial charge in [0, 0.05) is 6.54 Å². The molecule has 1 aromatic carbocycles. The summed E-state index contributed by atoms with van der Waals surface area (Å²) in [7, 11) is 0. The molecule has 0 spiro atoms. The molecule has 0 saturated heterocycles. The van der Waals surface area contributed by atoms with Crippen molar-refractivity contribution in [2.24, 2.45) is 5.41 Å². The van der Waals surface area contributed by atoms with E-state index in [9.17, 15) is 9.59 Å². The average molecular weight is 293 g/mol. The quantitative estimate of drug-likeness (QED) is 0.757. The number of carboxylic acids is 1. The molecule has 1 fully saturated rings. The molecule has 1 aliphatic rings. The second kappa shape index (κ2) is 6.47. The lowest BCUT2D eigenvalue weighted by atomic mass is 10.1. The summed E-state index contributed by atoms with van der Waals surface area (Å²) < 4.78 is 10.8. The van der Waals surface area contributed by atoms with Crippen LogP contribution < -0.4 is 14.8 Å². The third-order valence-electron chi connectivity index (χ3n) is 3.44. The number of para-hydroxylation sites is 2. The summed E-state index contributed by atoms with van der Waals surface area (Å²) in [4.78, 5) is 22.7. The normalized spacial score (nSPS) is 15.1. The largest absolute Gasteiger partial charge is 0.490 e. The maximum absolute atomic E-state index is 11.7. The molecular weight excluding hydrogens is 274 g/mol. The fourth-order valence-corrected chi connectivity index (χ4v) is 1.92. The molecule has 1 amide bonds. The molecule has 0 atom stereocenters. The molecule has 2 N–H and O–H groups in total. The first kappa shape index (κ1) is 15.2. The lowest BCUT2D eigenvalue weighted by molar-refractivity contribution is -0.143. The van der Waals surface area contributed by atoms with E-state index in [1.54, 1.807) is 18.2 Å². The summed E-state index contributed by atoms with van der Waals surface area (Å²) in [5.41, 5.74) is -0.765. The number of nitrogens with one attached hydrogen (secondary N) is 1. The molecule has 0 radical (unpaired) electrons. The van der Waals surface area contributed by atoms with Crippen LogP contribution in [0.3, 0.4) is 0 Å². The van der Waals surface area contributed by atoms with Gasteiger partial charge in [0.1, 0.15) is 0 Å². The van der Waals surface area contributed by atoms with Crippen LogP contribution in [0.4, 0.5) is 0 Å². The molecule has 1 aromatic rings. The summed E-state index contributed by atoms with van der Waals surface area (Å²) in [5, 5.41) is 11.6. The predicted molar refractivity (Wildman–Crippen MR) is 75.4 cm³/mol. The molecule has 6 nitrogen and oxygen atoms in total. The van der Waals surface area contributed by atoms with Crippen LogP contribution in [0, 0.1) is 5.41 Å². The van der Waals surface area contributed by atoms with Gasteiger partial charge in [-0.2, -0.15) is 0 Å². The zero-order valence-electron chi connectivity index (χ0n) is 11.9. The summed E-state index contributed by atoms with van der Waals surface area (Å²) >= 11 is 0. The van der Waals surface area contributed by atoms with Gasteiger partial charge in [-0.15, -0.1) is 0 Å². The number of carbonyl (C=O) groups excluding carboxylic acids is 1. The van der Waals surface area contributed by atoms with Crippen LogP contribution in [0.5, 0.6) is 11.5 Å². The minimum Gasteiger partial charge on any atom is -0.490 e. The second-order valence-electron chi connectivity index (χ2n) is 5.03. The highest BCUT2D eigenvalue weighted by Crippen LogP contribution is 2.45. The number of carboxylic acid groups (broad SMARTS) is 1. The van der Waals surface area contributed by atoms with Gasteiger partial charge in [0.2, 0.25) is 0 Å². The Morgan fingerprint density at radius 1 is 1.24 bits per heavy atom. The standard InChI is InChI=1S/C15H19NO5/c1-2-20-11-5-3-4-6-12(11)21-9-13(17)16-10-15(7-8-15)14(18)19/h3-6H,2,7-10H2,1H3,(H,16,17)(H,18,19). The van der Waals surface area contributed by atoms with Crippen molar-refractivity contribution < 1.29 is 24.2 Å². The summed E-state index contributed by atoms with van der Waals surface area (Å²) in [6.45, 7) is 2.36.